The maximum atomic E-state index is 12.8. The minimum Gasteiger partial charge on any atom is -0.384 e. The fraction of sp³-hybridized carbons (Fsp3) is 0.579. The molecule has 0 aliphatic carbocycles. The van der Waals surface area contributed by atoms with E-state index in [2.05, 4.69) is 16.0 Å². The van der Waals surface area contributed by atoms with E-state index in [-0.39, 0.29) is 17.4 Å². The number of benzene rings is 1. The van der Waals surface area contributed by atoms with E-state index in [1.807, 2.05) is 20.8 Å². The first-order chi connectivity index (χ1) is 11.8. The van der Waals surface area contributed by atoms with Gasteiger partial charge in [-0.3, -0.25) is 9.59 Å². The Balaban J connectivity index is 2.04. The maximum absolute atomic E-state index is 12.8. The molecule has 138 valence electrons. The molecule has 0 spiro atoms. The van der Waals surface area contributed by atoms with Crippen molar-refractivity contribution in [2.24, 2.45) is 5.41 Å². The number of methoxy groups -OCH3 is 1. The van der Waals surface area contributed by atoms with Crippen molar-refractivity contribution in [2.75, 3.05) is 32.1 Å². The zero-order valence-electron chi connectivity index (χ0n) is 15.6. The number of hydrogen-bond acceptors (Lipinski definition) is 4. The van der Waals surface area contributed by atoms with Crippen LogP contribution in [-0.2, 0) is 9.53 Å². The summed E-state index contributed by atoms with van der Waals surface area (Å²) < 4.78 is 5.30. The smallest absolute Gasteiger partial charge is 0.251 e. The Morgan fingerprint density at radius 3 is 2.28 bits per heavy atom. The fourth-order valence-corrected chi connectivity index (χ4v) is 3.00. The van der Waals surface area contributed by atoms with Crippen LogP contribution in [0.2, 0.25) is 0 Å². The average molecular weight is 347 g/mol. The van der Waals surface area contributed by atoms with Crippen LogP contribution in [0.5, 0.6) is 0 Å². The normalized spacial score (nSPS) is 17.0. The van der Waals surface area contributed by atoms with Crippen LogP contribution in [0.15, 0.2) is 24.3 Å². The predicted molar refractivity (Wildman–Crippen MR) is 98.7 cm³/mol. The summed E-state index contributed by atoms with van der Waals surface area (Å²) in [6.07, 6.45) is 1.50. The van der Waals surface area contributed by atoms with Gasteiger partial charge in [0.2, 0.25) is 5.91 Å². The van der Waals surface area contributed by atoms with Gasteiger partial charge in [-0.15, -0.1) is 0 Å². The molecule has 6 nitrogen and oxygen atoms in total. The lowest BCUT2D eigenvalue weighted by Gasteiger charge is -2.35. The van der Waals surface area contributed by atoms with Gasteiger partial charge in [0.05, 0.1) is 12.0 Å². The number of piperidine rings is 1. The summed E-state index contributed by atoms with van der Waals surface area (Å²) in [5, 5.41) is 9.17. The lowest BCUT2D eigenvalue weighted by Crippen LogP contribution is -2.47. The Morgan fingerprint density at radius 1 is 1.16 bits per heavy atom. The van der Waals surface area contributed by atoms with Crippen LogP contribution in [0.1, 0.15) is 44.0 Å². The molecule has 0 unspecified atom stereocenters. The molecular weight excluding hydrogens is 318 g/mol. The maximum Gasteiger partial charge on any atom is 0.251 e. The molecule has 1 aromatic carbocycles. The van der Waals surface area contributed by atoms with Crippen LogP contribution in [0.25, 0.3) is 0 Å². The topological polar surface area (TPSA) is 79.5 Å². The summed E-state index contributed by atoms with van der Waals surface area (Å²) in [4.78, 5) is 24.9. The SMILES string of the molecule is COCC1(C(=O)Nc2ccc(C(=O)NC(C)(C)C)cc2)CCNCC1. The lowest BCUT2D eigenvalue weighted by atomic mass is 9.78. The van der Waals surface area contributed by atoms with Crippen molar-refractivity contribution in [3.8, 4) is 0 Å². The van der Waals surface area contributed by atoms with Crippen molar-refractivity contribution < 1.29 is 14.3 Å². The van der Waals surface area contributed by atoms with Crippen molar-refractivity contribution in [1.82, 2.24) is 10.6 Å². The van der Waals surface area contributed by atoms with E-state index < -0.39 is 5.41 Å². The number of nitrogens with one attached hydrogen (secondary N) is 3. The monoisotopic (exact) mass is 347 g/mol. The highest BCUT2D eigenvalue weighted by Gasteiger charge is 2.39. The molecule has 25 heavy (non-hydrogen) atoms. The van der Waals surface area contributed by atoms with Crippen LogP contribution in [0.4, 0.5) is 5.69 Å². The molecule has 1 fully saturated rings. The van der Waals surface area contributed by atoms with E-state index in [4.69, 9.17) is 4.74 Å². The van der Waals surface area contributed by atoms with E-state index >= 15 is 0 Å². The van der Waals surface area contributed by atoms with Gasteiger partial charge in [-0.1, -0.05) is 0 Å². The molecule has 0 aromatic heterocycles. The number of anilines is 1. The molecule has 1 aliphatic rings. The van der Waals surface area contributed by atoms with Gasteiger partial charge in [-0.05, 0) is 71.0 Å². The van der Waals surface area contributed by atoms with E-state index in [0.29, 0.717) is 17.9 Å². The van der Waals surface area contributed by atoms with Crippen LogP contribution >= 0.6 is 0 Å². The van der Waals surface area contributed by atoms with Crippen molar-refractivity contribution in [3.05, 3.63) is 29.8 Å². The molecule has 1 heterocycles. The lowest BCUT2D eigenvalue weighted by molar-refractivity contribution is -0.130. The third kappa shape index (κ3) is 5.28. The molecular formula is C19H29N3O3. The van der Waals surface area contributed by atoms with Crippen molar-refractivity contribution >= 4 is 17.5 Å². The molecule has 1 aliphatic heterocycles. The third-order valence-corrected chi connectivity index (χ3v) is 4.36. The summed E-state index contributed by atoms with van der Waals surface area (Å²) in [7, 11) is 1.62. The average Bonchev–Trinajstić information content (AvgIpc) is 2.55. The predicted octanol–water partition coefficient (Wildman–Crippen LogP) is 2.17. The second kappa shape index (κ2) is 7.97. The Bertz CT molecular complexity index is 594. The first kappa shape index (κ1) is 19.4. The van der Waals surface area contributed by atoms with Crippen LogP contribution in [0.3, 0.4) is 0 Å². The molecule has 1 aromatic rings. The van der Waals surface area contributed by atoms with Gasteiger partial charge in [0.1, 0.15) is 0 Å². The van der Waals surface area contributed by atoms with Gasteiger partial charge in [0.15, 0.2) is 0 Å². The zero-order chi connectivity index (χ0) is 18.5. The van der Waals surface area contributed by atoms with Crippen molar-refractivity contribution in [3.63, 3.8) is 0 Å². The Morgan fingerprint density at radius 2 is 1.76 bits per heavy atom. The van der Waals surface area contributed by atoms with E-state index in [1.165, 1.54) is 0 Å². The number of ether oxygens (including phenoxy) is 1. The van der Waals surface area contributed by atoms with Gasteiger partial charge < -0.3 is 20.7 Å². The van der Waals surface area contributed by atoms with E-state index in [9.17, 15) is 9.59 Å². The van der Waals surface area contributed by atoms with Gasteiger partial charge >= 0.3 is 0 Å². The zero-order valence-corrected chi connectivity index (χ0v) is 15.6. The molecule has 0 bridgehead atoms. The molecule has 0 radical (unpaired) electrons. The first-order valence-electron chi connectivity index (χ1n) is 8.69. The molecule has 0 saturated carbocycles. The van der Waals surface area contributed by atoms with Gasteiger partial charge in [-0.2, -0.15) is 0 Å². The summed E-state index contributed by atoms with van der Waals surface area (Å²) in [6.45, 7) is 7.84. The van der Waals surface area contributed by atoms with Crippen LogP contribution in [-0.4, -0.2) is 44.2 Å². The highest BCUT2D eigenvalue weighted by molar-refractivity contribution is 5.97. The quantitative estimate of drug-likeness (QED) is 0.763. The molecule has 2 rings (SSSR count). The number of rotatable bonds is 5. The largest absolute Gasteiger partial charge is 0.384 e. The van der Waals surface area contributed by atoms with Crippen molar-refractivity contribution in [2.45, 2.75) is 39.2 Å². The number of carbonyl (C=O) groups excluding carboxylic acids is 2. The van der Waals surface area contributed by atoms with Gasteiger partial charge in [0, 0.05) is 23.9 Å². The Kier molecular flexibility index (Phi) is 6.19. The molecule has 0 atom stereocenters. The second-order valence-corrected chi connectivity index (χ2v) is 7.70. The number of carbonyl (C=O) groups is 2. The second-order valence-electron chi connectivity index (χ2n) is 7.70. The van der Waals surface area contributed by atoms with E-state index in [1.54, 1.807) is 31.4 Å². The van der Waals surface area contributed by atoms with Crippen LogP contribution in [0, 0.1) is 5.41 Å². The van der Waals surface area contributed by atoms with Crippen LogP contribution < -0.4 is 16.0 Å². The highest BCUT2D eigenvalue weighted by Crippen LogP contribution is 2.31. The number of hydrogen-bond donors (Lipinski definition) is 3. The van der Waals surface area contributed by atoms with Gasteiger partial charge in [0.25, 0.3) is 5.91 Å². The van der Waals surface area contributed by atoms with Crippen molar-refractivity contribution in [1.29, 1.82) is 0 Å². The summed E-state index contributed by atoms with van der Waals surface area (Å²) >= 11 is 0. The van der Waals surface area contributed by atoms with E-state index in [0.717, 1.165) is 25.9 Å². The summed E-state index contributed by atoms with van der Waals surface area (Å²) in [5.74, 6) is -0.151. The number of amides is 2. The molecule has 2 amide bonds. The standard InChI is InChI=1S/C19H29N3O3/c1-18(2,3)22-16(23)14-5-7-15(8-6-14)21-17(24)19(13-25-4)9-11-20-12-10-19/h5-8,20H,9-13H2,1-4H3,(H,21,24)(H,22,23). The third-order valence-electron chi connectivity index (χ3n) is 4.36. The van der Waals surface area contributed by atoms with Gasteiger partial charge in [-0.25, -0.2) is 0 Å². The highest BCUT2D eigenvalue weighted by atomic mass is 16.5. The molecule has 1 saturated heterocycles. The minimum absolute atomic E-state index is 0.0252. The Hall–Kier alpha value is -1.92. The summed E-state index contributed by atoms with van der Waals surface area (Å²) in [6, 6.07) is 6.97. The first-order valence-corrected chi connectivity index (χ1v) is 8.69. The molecule has 6 heteroatoms. The fourth-order valence-electron chi connectivity index (χ4n) is 3.00. The minimum atomic E-state index is -0.498. The Labute approximate surface area is 149 Å². The summed E-state index contributed by atoms with van der Waals surface area (Å²) in [5.41, 5.74) is 0.473. The molecule has 3 N–H and O–H groups in total.